The van der Waals surface area contributed by atoms with Crippen LogP contribution in [0.2, 0.25) is 0 Å². The molecule has 0 aliphatic heterocycles. The van der Waals surface area contributed by atoms with Crippen LogP contribution >= 0.6 is 27.3 Å². The van der Waals surface area contributed by atoms with E-state index >= 15 is 0 Å². The standard InChI is InChI=1S/C15H16BrN3OS/c1-3-11-14(16)12(19(4-2)17-11)9-18-7-5-13-10(15(18)20)6-8-21-13/h5-8H,3-4,9H2,1-2H3. The molecule has 0 amide bonds. The fourth-order valence-electron chi connectivity index (χ4n) is 2.46. The second-order valence-corrected chi connectivity index (χ2v) is 6.56. The first kappa shape index (κ1) is 14.5. The Balaban J connectivity index is 2.08. The van der Waals surface area contributed by atoms with Crippen LogP contribution in [0, 0.1) is 0 Å². The van der Waals surface area contributed by atoms with Gasteiger partial charge in [-0.3, -0.25) is 9.48 Å². The van der Waals surface area contributed by atoms with Crippen molar-refractivity contribution < 1.29 is 0 Å². The zero-order valence-corrected chi connectivity index (χ0v) is 14.4. The van der Waals surface area contributed by atoms with E-state index in [1.165, 1.54) is 0 Å². The number of hydrogen-bond acceptors (Lipinski definition) is 3. The Kier molecular flexibility index (Phi) is 3.99. The molecule has 0 spiro atoms. The zero-order chi connectivity index (χ0) is 15.0. The normalized spacial score (nSPS) is 11.4. The highest BCUT2D eigenvalue weighted by atomic mass is 79.9. The van der Waals surface area contributed by atoms with Crippen LogP contribution in [-0.2, 0) is 19.5 Å². The Morgan fingerprint density at radius 2 is 2.14 bits per heavy atom. The number of fused-ring (bicyclic) bond motifs is 1. The number of pyridine rings is 1. The Labute approximate surface area is 135 Å². The summed E-state index contributed by atoms with van der Waals surface area (Å²) in [6.07, 6.45) is 2.74. The summed E-state index contributed by atoms with van der Waals surface area (Å²) < 4.78 is 5.77. The maximum Gasteiger partial charge on any atom is 0.259 e. The van der Waals surface area contributed by atoms with Gasteiger partial charge in [0.15, 0.2) is 0 Å². The van der Waals surface area contributed by atoms with Crippen LogP contribution in [0.4, 0.5) is 0 Å². The number of aromatic nitrogens is 3. The molecule has 4 nitrogen and oxygen atoms in total. The second-order valence-electron chi connectivity index (χ2n) is 4.82. The van der Waals surface area contributed by atoms with E-state index in [4.69, 9.17) is 0 Å². The Bertz CT molecular complexity index is 846. The fraction of sp³-hybridized carbons (Fsp3) is 0.333. The first-order valence-electron chi connectivity index (χ1n) is 6.96. The van der Waals surface area contributed by atoms with Crippen LogP contribution in [-0.4, -0.2) is 14.3 Å². The number of nitrogens with zero attached hydrogens (tertiary/aromatic N) is 3. The maximum atomic E-state index is 12.5. The van der Waals surface area contributed by atoms with Gasteiger partial charge < -0.3 is 4.57 Å². The van der Waals surface area contributed by atoms with E-state index in [0.29, 0.717) is 6.54 Å². The maximum absolute atomic E-state index is 12.5. The molecule has 0 aromatic carbocycles. The molecule has 0 atom stereocenters. The SMILES string of the molecule is CCc1nn(CC)c(Cn2ccc3sccc3c2=O)c1Br. The first-order chi connectivity index (χ1) is 10.2. The molecule has 3 rings (SSSR count). The number of aryl methyl sites for hydroxylation is 2. The van der Waals surface area contributed by atoms with Gasteiger partial charge in [0.1, 0.15) is 0 Å². The molecule has 0 saturated carbocycles. The van der Waals surface area contributed by atoms with Gasteiger partial charge in [-0.2, -0.15) is 5.10 Å². The van der Waals surface area contributed by atoms with Crippen molar-refractivity contribution in [1.29, 1.82) is 0 Å². The number of halogens is 1. The minimum Gasteiger partial charge on any atom is -0.309 e. The summed E-state index contributed by atoms with van der Waals surface area (Å²) in [5, 5.41) is 7.33. The minimum absolute atomic E-state index is 0.0579. The molecule has 0 aliphatic rings. The van der Waals surface area contributed by atoms with Crippen molar-refractivity contribution in [2.75, 3.05) is 0 Å². The molecule has 0 fully saturated rings. The Morgan fingerprint density at radius 1 is 1.33 bits per heavy atom. The summed E-state index contributed by atoms with van der Waals surface area (Å²) in [5.41, 5.74) is 2.14. The molecule has 0 saturated heterocycles. The molecule has 0 N–H and O–H groups in total. The molecule has 0 aliphatic carbocycles. The highest BCUT2D eigenvalue weighted by Gasteiger charge is 2.15. The lowest BCUT2D eigenvalue weighted by atomic mass is 10.3. The van der Waals surface area contributed by atoms with Crippen molar-refractivity contribution in [3.63, 3.8) is 0 Å². The lowest BCUT2D eigenvalue weighted by Gasteiger charge is -2.08. The van der Waals surface area contributed by atoms with Crippen molar-refractivity contribution in [3.05, 3.63) is 49.9 Å². The summed E-state index contributed by atoms with van der Waals surface area (Å²) in [4.78, 5) is 12.5. The first-order valence-corrected chi connectivity index (χ1v) is 8.63. The number of thiophene rings is 1. The molecule has 3 aromatic heterocycles. The predicted molar refractivity (Wildman–Crippen MR) is 90.2 cm³/mol. The van der Waals surface area contributed by atoms with Crippen molar-refractivity contribution >= 4 is 37.4 Å². The van der Waals surface area contributed by atoms with Crippen molar-refractivity contribution in [2.24, 2.45) is 0 Å². The summed E-state index contributed by atoms with van der Waals surface area (Å²) in [7, 11) is 0. The molecule has 0 radical (unpaired) electrons. The largest absolute Gasteiger partial charge is 0.309 e. The van der Waals surface area contributed by atoms with Gasteiger partial charge in [-0.05, 0) is 46.8 Å². The average molecular weight is 366 g/mol. The lowest BCUT2D eigenvalue weighted by Crippen LogP contribution is -2.21. The summed E-state index contributed by atoms with van der Waals surface area (Å²) in [6, 6.07) is 3.89. The molecular weight excluding hydrogens is 350 g/mol. The van der Waals surface area contributed by atoms with Gasteiger partial charge in [-0.1, -0.05) is 6.92 Å². The summed E-state index contributed by atoms with van der Waals surface area (Å²) >= 11 is 5.23. The van der Waals surface area contributed by atoms with Gasteiger partial charge >= 0.3 is 0 Å². The third kappa shape index (κ3) is 2.46. The third-order valence-corrected chi connectivity index (χ3v) is 5.40. The van der Waals surface area contributed by atoms with Gasteiger partial charge in [0.2, 0.25) is 0 Å². The zero-order valence-electron chi connectivity index (χ0n) is 12.0. The molecule has 6 heteroatoms. The van der Waals surface area contributed by atoms with Crippen LogP contribution in [0.1, 0.15) is 25.2 Å². The Morgan fingerprint density at radius 3 is 2.86 bits per heavy atom. The number of rotatable bonds is 4. The van der Waals surface area contributed by atoms with Crippen LogP contribution in [0.25, 0.3) is 10.1 Å². The highest BCUT2D eigenvalue weighted by molar-refractivity contribution is 9.10. The third-order valence-electron chi connectivity index (χ3n) is 3.61. The smallest absolute Gasteiger partial charge is 0.259 e. The highest BCUT2D eigenvalue weighted by Crippen LogP contribution is 2.23. The quantitative estimate of drug-likeness (QED) is 0.707. The molecule has 0 unspecified atom stereocenters. The molecule has 110 valence electrons. The monoisotopic (exact) mass is 365 g/mol. The Hall–Kier alpha value is -1.40. The molecule has 3 aromatic rings. The minimum atomic E-state index is 0.0579. The van der Waals surface area contributed by atoms with E-state index in [1.807, 2.05) is 28.4 Å². The number of hydrogen-bond donors (Lipinski definition) is 0. The fourth-order valence-corrected chi connectivity index (χ4v) is 3.92. The van der Waals surface area contributed by atoms with Crippen LogP contribution in [0.15, 0.2) is 33.0 Å². The molecule has 3 heterocycles. The van der Waals surface area contributed by atoms with Gasteiger partial charge in [-0.15, -0.1) is 11.3 Å². The van der Waals surface area contributed by atoms with E-state index in [9.17, 15) is 4.79 Å². The van der Waals surface area contributed by atoms with Gasteiger partial charge in [-0.25, -0.2) is 0 Å². The van der Waals surface area contributed by atoms with E-state index in [2.05, 4.69) is 34.9 Å². The van der Waals surface area contributed by atoms with Gasteiger partial charge in [0.05, 0.1) is 27.8 Å². The van der Waals surface area contributed by atoms with Crippen LogP contribution < -0.4 is 5.56 Å². The van der Waals surface area contributed by atoms with Gasteiger partial charge in [0.25, 0.3) is 5.56 Å². The molecular formula is C15H16BrN3OS. The van der Waals surface area contributed by atoms with E-state index < -0.39 is 0 Å². The predicted octanol–water partition coefficient (Wildman–Crippen LogP) is 3.65. The van der Waals surface area contributed by atoms with Crippen LogP contribution in [0.3, 0.4) is 0 Å². The topological polar surface area (TPSA) is 39.8 Å². The van der Waals surface area contributed by atoms with E-state index in [1.54, 1.807) is 15.9 Å². The van der Waals surface area contributed by atoms with Gasteiger partial charge in [0, 0.05) is 17.4 Å². The lowest BCUT2D eigenvalue weighted by molar-refractivity contribution is 0.590. The van der Waals surface area contributed by atoms with E-state index in [0.717, 1.165) is 38.9 Å². The molecule has 21 heavy (non-hydrogen) atoms. The second kappa shape index (κ2) is 5.77. The summed E-state index contributed by atoms with van der Waals surface area (Å²) in [5.74, 6) is 0. The van der Waals surface area contributed by atoms with Crippen molar-refractivity contribution in [2.45, 2.75) is 33.4 Å². The average Bonchev–Trinajstić information content (AvgIpc) is 3.08. The van der Waals surface area contributed by atoms with Crippen LogP contribution in [0.5, 0.6) is 0 Å². The van der Waals surface area contributed by atoms with E-state index in [-0.39, 0.29) is 5.56 Å². The molecule has 0 bridgehead atoms. The van der Waals surface area contributed by atoms with Crippen molar-refractivity contribution in [1.82, 2.24) is 14.3 Å². The summed E-state index contributed by atoms with van der Waals surface area (Å²) in [6.45, 7) is 5.48. The van der Waals surface area contributed by atoms with Crippen molar-refractivity contribution in [3.8, 4) is 0 Å².